The molecule has 0 unspecified atom stereocenters. The largest absolute Gasteiger partial charge is 0.298 e. The lowest BCUT2D eigenvalue weighted by Crippen LogP contribution is -2.42. The smallest absolute Gasteiger partial charge is 0.170 e. The summed E-state index contributed by atoms with van der Waals surface area (Å²) >= 11 is 0. The zero-order valence-corrected chi connectivity index (χ0v) is 12.9. The van der Waals surface area contributed by atoms with Crippen molar-refractivity contribution in [3.8, 4) is 0 Å². The average Bonchev–Trinajstić information content (AvgIpc) is 2.47. The normalized spacial score (nSPS) is 16.9. The summed E-state index contributed by atoms with van der Waals surface area (Å²) in [6, 6.07) is 4.33. The maximum Gasteiger partial charge on any atom is 0.170 e. The van der Waals surface area contributed by atoms with Crippen molar-refractivity contribution in [2.24, 2.45) is 0 Å². The van der Waals surface area contributed by atoms with Crippen LogP contribution in [-0.4, -0.2) is 11.6 Å². The number of Topliss-reactive ketones (excluding diaryl/α,β-unsaturated/α-hetero) is 2. The number of carbonyl (C=O) groups is 2. The third-order valence-corrected chi connectivity index (χ3v) is 4.57. The van der Waals surface area contributed by atoms with E-state index in [2.05, 4.69) is 13.8 Å². The molecule has 0 amide bonds. The third-order valence-electron chi connectivity index (χ3n) is 4.57. The second-order valence-corrected chi connectivity index (χ2v) is 6.00. The highest BCUT2D eigenvalue weighted by Crippen LogP contribution is 2.42. The predicted molar refractivity (Wildman–Crippen MR) is 81.1 cm³/mol. The van der Waals surface area contributed by atoms with Gasteiger partial charge < -0.3 is 0 Å². The van der Waals surface area contributed by atoms with E-state index in [1.807, 2.05) is 0 Å². The summed E-state index contributed by atoms with van der Waals surface area (Å²) in [7, 11) is 0. The van der Waals surface area contributed by atoms with Crippen LogP contribution < -0.4 is 0 Å². The van der Waals surface area contributed by atoms with Gasteiger partial charge in [0.1, 0.15) is 5.82 Å². The first kappa shape index (κ1) is 15.9. The number of hydrogen-bond donors (Lipinski definition) is 0. The zero-order chi connectivity index (χ0) is 15.5. The van der Waals surface area contributed by atoms with Crippen LogP contribution in [0.1, 0.15) is 74.7 Å². The Morgan fingerprint density at radius 1 is 1.10 bits per heavy atom. The molecule has 0 aromatic heterocycles. The molecular formula is C18H23FO2. The van der Waals surface area contributed by atoms with Crippen molar-refractivity contribution in [3.05, 3.63) is 35.1 Å². The van der Waals surface area contributed by atoms with E-state index in [4.69, 9.17) is 0 Å². The van der Waals surface area contributed by atoms with Crippen LogP contribution in [0.4, 0.5) is 4.39 Å². The molecular weight excluding hydrogens is 267 g/mol. The van der Waals surface area contributed by atoms with Gasteiger partial charge in [-0.25, -0.2) is 4.39 Å². The first-order valence-electron chi connectivity index (χ1n) is 7.91. The first-order chi connectivity index (χ1) is 10.0. The monoisotopic (exact) mass is 290 g/mol. The lowest BCUT2D eigenvalue weighted by atomic mass is 9.63. The summed E-state index contributed by atoms with van der Waals surface area (Å²) in [6.45, 7) is 4.19. The molecule has 0 heterocycles. The SMILES string of the molecule is CCCCC1(CCCC)C(=O)CC(=O)c2cc(F)ccc21. The molecule has 1 aliphatic carbocycles. The molecule has 1 aliphatic rings. The summed E-state index contributed by atoms with van der Waals surface area (Å²) in [4.78, 5) is 24.8. The molecule has 0 saturated heterocycles. The Morgan fingerprint density at radius 2 is 1.71 bits per heavy atom. The molecule has 114 valence electrons. The highest BCUT2D eigenvalue weighted by atomic mass is 19.1. The minimum atomic E-state index is -0.580. The number of benzene rings is 1. The molecule has 0 aliphatic heterocycles. The van der Waals surface area contributed by atoms with Gasteiger partial charge in [-0.3, -0.25) is 9.59 Å². The van der Waals surface area contributed by atoms with Crippen LogP contribution in [0.15, 0.2) is 18.2 Å². The van der Waals surface area contributed by atoms with Crippen LogP contribution in [-0.2, 0) is 10.2 Å². The first-order valence-corrected chi connectivity index (χ1v) is 7.91. The third kappa shape index (κ3) is 2.92. The predicted octanol–water partition coefficient (Wildman–Crippen LogP) is 4.60. The standard InChI is InChI=1S/C18H23FO2/c1-3-5-9-18(10-6-4-2)15-8-7-13(19)11-14(15)16(20)12-17(18)21/h7-8,11H,3-6,9-10,12H2,1-2H3. The lowest BCUT2D eigenvalue weighted by Gasteiger charge is -2.37. The van der Waals surface area contributed by atoms with E-state index in [0.29, 0.717) is 5.56 Å². The minimum absolute atomic E-state index is 0.0218. The van der Waals surface area contributed by atoms with E-state index in [-0.39, 0.29) is 18.0 Å². The maximum absolute atomic E-state index is 13.5. The topological polar surface area (TPSA) is 34.1 Å². The molecule has 1 aromatic rings. The number of unbranched alkanes of at least 4 members (excludes halogenated alkanes) is 2. The molecule has 3 heteroatoms. The number of hydrogen-bond acceptors (Lipinski definition) is 2. The van der Waals surface area contributed by atoms with Crippen molar-refractivity contribution in [3.63, 3.8) is 0 Å². The van der Waals surface area contributed by atoms with Gasteiger partial charge in [-0.15, -0.1) is 0 Å². The van der Waals surface area contributed by atoms with Crippen LogP contribution in [0.5, 0.6) is 0 Å². The van der Waals surface area contributed by atoms with Crippen LogP contribution >= 0.6 is 0 Å². The Balaban J connectivity index is 2.53. The van der Waals surface area contributed by atoms with E-state index in [1.165, 1.54) is 12.1 Å². The van der Waals surface area contributed by atoms with Crippen LogP contribution in [0.3, 0.4) is 0 Å². The number of rotatable bonds is 6. The van der Waals surface area contributed by atoms with Gasteiger partial charge >= 0.3 is 0 Å². The van der Waals surface area contributed by atoms with Crippen molar-refractivity contribution < 1.29 is 14.0 Å². The summed E-state index contributed by atoms with van der Waals surface area (Å²) in [5.41, 5.74) is 0.594. The molecule has 0 N–H and O–H groups in total. The van der Waals surface area contributed by atoms with E-state index >= 15 is 0 Å². The molecule has 0 saturated carbocycles. The van der Waals surface area contributed by atoms with Gasteiger partial charge in [0.15, 0.2) is 11.6 Å². The average molecular weight is 290 g/mol. The van der Waals surface area contributed by atoms with E-state index < -0.39 is 11.2 Å². The van der Waals surface area contributed by atoms with Gasteiger partial charge in [-0.2, -0.15) is 0 Å². The zero-order valence-electron chi connectivity index (χ0n) is 12.9. The Labute approximate surface area is 125 Å². The van der Waals surface area contributed by atoms with Crippen molar-refractivity contribution >= 4 is 11.6 Å². The summed E-state index contributed by atoms with van der Waals surface area (Å²) in [6.07, 6.45) is 5.34. The van der Waals surface area contributed by atoms with Crippen LogP contribution in [0.2, 0.25) is 0 Å². The second kappa shape index (κ2) is 6.50. The van der Waals surface area contributed by atoms with Crippen molar-refractivity contribution in [2.75, 3.05) is 0 Å². The Bertz CT molecular complexity index is 540. The Kier molecular flexibility index (Phi) is 4.92. The maximum atomic E-state index is 13.5. The molecule has 21 heavy (non-hydrogen) atoms. The van der Waals surface area contributed by atoms with Gasteiger partial charge in [-0.1, -0.05) is 45.6 Å². The lowest BCUT2D eigenvalue weighted by molar-refractivity contribution is -0.124. The molecule has 0 radical (unpaired) electrons. The highest BCUT2D eigenvalue weighted by Gasteiger charge is 2.45. The Morgan fingerprint density at radius 3 is 2.29 bits per heavy atom. The summed E-state index contributed by atoms with van der Waals surface area (Å²) < 4.78 is 13.5. The molecule has 0 atom stereocenters. The van der Waals surface area contributed by atoms with Gasteiger partial charge in [0.25, 0.3) is 0 Å². The molecule has 1 aromatic carbocycles. The van der Waals surface area contributed by atoms with Crippen molar-refractivity contribution in [2.45, 2.75) is 64.2 Å². The minimum Gasteiger partial charge on any atom is -0.298 e. The molecule has 2 rings (SSSR count). The number of carbonyl (C=O) groups excluding carboxylic acids is 2. The summed E-state index contributed by atoms with van der Waals surface area (Å²) in [5, 5.41) is 0. The fourth-order valence-corrected chi connectivity index (χ4v) is 3.36. The number of ketones is 2. The highest BCUT2D eigenvalue weighted by molar-refractivity contribution is 6.16. The van der Waals surface area contributed by atoms with E-state index in [9.17, 15) is 14.0 Å². The van der Waals surface area contributed by atoms with Crippen molar-refractivity contribution in [1.29, 1.82) is 0 Å². The fraction of sp³-hybridized carbons (Fsp3) is 0.556. The second-order valence-electron chi connectivity index (χ2n) is 6.00. The van der Waals surface area contributed by atoms with E-state index in [1.54, 1.807) is 6.07 Å². The van der Waals surface area contributed by atoms with Gasteiger partial charge in [0.05, 0.1) is 11.8 Å². The summed E-state index contributed by atoms with van der Waals surface area (Å²) in [5.74, 6) is -0.622. The molecule has 2 nitrogen and oxygen atoms in total. The van der Waals surface area contributed by atoms with Gasteiger partial charge in [-0.05, 0) is 30.5 Å². The van der Waals surface area contributed by atoms with E-state index in [0.717, 1.165) is 44.1 Å². The van der Waals surface area contributed by atoms with Crippen molar-refractivity contribution in [1.82, 2.24) is 0 Å². The fourth-order valence-electron chi connectivity index (χ4n) is 3.36. The quantitative estimate of drug-likeness (QED) is 0.717. The van der Waals surface area contributed by atoms with Crippen LogP contribution in [0.25, 0.3) is 0 Å². The molecule has 0 spiro atoms. The molecule has 0 bridgehead atoms. The molecule has 0 fully saturated rings. The number of fused-ring (bicyclic) bond motifs is 1. The van der Waals surface area contributed by atoms with Gasteiger partial charge in [0, 0.05) is 5.56 Å². The van der Waals surface area contributed by atoms with Gasteiger partial charge in [0.2, 0.25) is 0 Å². The Hall–Kier alpha value is -1.51. The number of halogens is 1. The van der Waals surface area contributed by atoms with Crippen LogP contribution in [0, 0.1) is 5.82 Å².